The van der Waals surface area contributed by atoms with Gasteiger partial charge in [-0.05, 0) is 18.9 Å². The molecule has 1 saturated carbocycles. The van der Waals surface area contributed by atoms with Gasteiger partial charge in [-0.3, -0.25) is 15.0 Å². The zero-order valence-electron chi connectivity index (χ0n) is 11.6. The molecule has 0 amide bonds. The molecule has 1 saturated heterocycles. The van der Waals surface area contributed by atoms with E-state index in [9.17, 15) is 20.0 Å². The quantitative estimate of drug-likeness (QED) is 0.669. The zero-order chi connectivity index (χ0) is 15.0. The van der Waals surface area contributed by atoms with Gasteiger partial charge in [0.05, 0.1) is 10.5 Å². The van der Waals surface area contributed by atoms with E-state index in [1.807, 2.05) is 4.90 Å². The van der Waals surface area contributed by atoms with Gasteiger partial charge in [0, 0.05) is 38.3 Å². The van der Waals surface area contributed by atoms with Gasteiger partial charge in [-0.25, -0.2) is 4.79 Å². The molecular weight excluding hydrogens is 274 g/mol. The molecule has 7 heteroatoms. The minimum atomic E-state index is -1.13. The van der Waals surface area contributed by atoms with E-state index >= 15 is 0 Å². The number of rotatable bonds is 4. The van der Waals surface area contributed by atoms with Crippen molar-refractivity contribution in [2.75, 3.05) is 31.1 Å². The Morgan fingerprint density at radius 1 is 1.24 bits per heavy atom. The van der Waals surface area contributed by atoms with Gasteiger partial charge in [0.25, 0.3) is 5.69 Å². The van der Waals surface area contributed by atoms with Crippen molar-refractivity contribution in [1.29, 1.82) is 0 Å². The summed E-state index contributed by atoms with van der Waals surface area (Å²) in [7, 11) is 0. The Labute approximate surface area is 121 Å². The predicted octanol–water partition coefficient (Wildman–Crippen LogP) is 1.58. The molecule has 0 bridgehead atoms. The van der Waals surface area contributed by atoms with Gasteiger partial charge in [-0.15, -0.1) is 0 Å². The molecule has 2 aliphatic rings. The van der Waals surface area contributed by atoms with E-state index in [0.717, 1.165) is 13.1 Å². The third-order valence-corrected chi connectivity index (χ3v) is 4.14. The molecule has 2 fully saturated rings. The Bertz CT molecular complexity index is 545. The molecule has 0 aromatic heterocycles. The van der Waals surface area contributed by atoms with Crippen LogP contribution in [0, 0.1) is 10.1 Å². The van der Waals surface area contributed by atoms with E-state index < -0.39 is 10.9 Å². The Kier molecular flexibility index (Phi) is 3.50. The molecule has 1 N–H and O–H groups in total. The van der Waals surface area contributed by atoms with Gasteiger partial charge in [-0.2, -0.15) is 0 Å². The highest BCUT2D eigenvalue weighted by Gasteiger charge is 2.34. The number of nitro benzene ring substituents is 1. The summed E-state index contributed by atoms with van der Waals surface area (Å²) in [5, 5.41) is 20.5. The number of piperazine rings is 1. The van der Waals surface area contributed by atoms with Gasteiger partial charge in [0.15, 0.2) is 0 Å². The molecule has 1 aliphatic heterocycles. The first kappa shape index (κ1) is 13.8. The number of hydrogen-bond donors (Lipinski definition) is 1. The lowest BCUT2D eigenvalue weighted by molar-refractivity contribution is -0.384. The number of anilines is 1. The van der Waals surface area contributed by atoms with Gasteiger partial charge in [-0.1, -0.05) is 6.07 Å². The van der Waals surface area contributed by atoms with E-state index in [4.69, 9.17) is 0 Å². The van der Waals surface area contributed by atoms with Crippen LogP contribution in [-0.2, 0) is 0 Å². The molecule has 1 aliphatic carbocycles. The van der Waals surface area contributed by atoms with E-state index in [0.29, 0.717) is 19.1 Å². The van der Waals surface area contributed by atoms with Gasteiger partial charge < -0.3 is 10.0 Å². The smallest absolute Gasteiger partial charge is 0.338 e. The molecule has 1 aromatic rings. The number of carbonyl (C=O) groups is 1. The maximum Gasteiger partial charge on any atom is 0.338 e. The van der Waals surface area contributed by atoms with Gasteiger partial charge >= 0.3 is 5.97 Å². The molecule has 1 heterocycles. The Morgan fingerprint density at radius 2 is 1.90 bits per heavy atom. The standard InChI is InChI=1S/C14H17N3O4/c18-14(19)11-2-1-3-12(17(20)21)13(11)16-8-6-15(7-9-16)10-4-5-10/h1-3,10H,4-9H2,(H,18,19). The first-order chi connectivity index (χ1) is 10.1. The fraction of sp³-hybridized carbons (Fsp3) is 0.500. The average molecular weight is 291 g/mol. The third-order valence-electron chi connectivity index (χ3n) is 4.14. The summed E-state index contributed by atoms with van der Waals surface area (Å²) in [4.78, 5) is 26.3. The van der Waals surface area contributed by atoms with E-state index in [-0.39, 0.29) is 16.9 Å². The summed E-state index contributed by atoms with van der Waals surface area (Å²) in [5.74, 6) is -1.13. The lowest BCUT2D eigenvalue weighted by Gasteiger charge is -2.36. The molecule has 0 atom stereocenters. The van der Waals surface area contributed by atoms with Crippen molar-refractivity contribution in [3.63, 3.8) is 0 Å². The summed E-state index contributed by atoms with van der Waals surface area (Å²) in [6.45, 7) is 2.91. The fourth-order valence-electron chi connectivity index (χ4n) is 2.93. The fourth-order valence-corrected chi connectivity index (χ4v) is 2.93. The molecule has 112 valence electrons. The van der Waals surface area contributed by atoms with Crippen LogP contribution < -0.4 is 4.90 Å². The summed E-state index contributed by atoms with van der Waals surface area (Å²) in [6.07, 6.45) is 2.46. The van der Waals surface area contributed by atoms with Crippen LogP contribution in [0.15, 0.2) is 18.2 Å². The van der Waals surface area contributed by atoms with Crippen LogP contribution in [0.5, 0.6) is 0 Å². The average Bonchev–Trinajstić information content (AvgIpc) is 3.31. The normalized spacial score (nSPS) is 19.5. The van der Waals surface area contributed by atoms with Crippen LogP contribution in [0.3, 0.4) is 0 Å². The first-order valence-electron chi connectivity index (χ1n) is 7.07. The third kappa shape index (κ3) is 2.69. The van der Waals surface area contributed by atoms with Crippen molar-refractivity contribution in [2.45, 2.75) is 18.9 Å². The molecule has 3 rings (SSSR count). The number of carboxylic acids is 1. The Hall–Kier alpha value is -2.15. The zero-order valence-corrected chi connectivity index (χ0v) is 11.6. The molecule has 1 aromatic carbocycles. The van der Waals surface area contributed by atoms with E-state index in [1.165, 1.54) is 31.0 Å². The van der Waals surface area contributed by atoms with Crippen LogP contribution >= 0.6 is 0 Å². The Morgan fingerprint density at radius 3 is 2.43 bits per heavy atom. The van der Waals surface area contributed by atoms with Crippen LogP contribution in [0.25, 0.3) is 0 Å². The first-order valence-corrected chi connectivity index (χ1v) is 7.07. The van der Waals surface area contributed by atoms with Crippen LogP contribution in [0.2, 0.25) is 0 Å². The number of para-hydroxylation sites is 1. The molecule has 0 spiro atoms. The van der Waals surface area contributed by atoms with Crippen molar-refractivity contribution >= 4 is 17.3 Å². The van der Waals surface area contributed by atoms with Crippen LogP contribution in [0.4, 0.5) is 11.4 Å². The second-order valence-electron chi connectivity index (χ2n) is 5.49. The van der Waals surface area contributed by atoms with Crippen molar-refractivity contribution in [1.82, 2.24) is 4.90 Å². The van der Waals surface area contributed by atoms with Crippen molar-refractivity contribution in [2.24, 2.45) is 0 Å². The number of benzene rings is 1. The molecule has 0 unspecified atom stereocenters. The van der Waals surface area contributed by atoms with Crippen molar-refractivity contribution in [3.05, 3.63) is 33.9 Å². The second kappa shape index (κ2) is 5.33. The lowest BCUT2D eigenvalue weighted by Crippen LogP contribution is -2.47. The SMILES string of the molecule is O=C(O)c1cccc([N+](=O)[O-])c1N1CCN(C2CC2)CC1. The van der Waals surface area contributed by atoms with Gasteiger partial charge in [0.1, 0.15) is 5.69 Å². The predicted molar refractivity (Wildman–Crippen MR) is 76.9 cm³/mol. The second-order valence-corrected chi connectivity index (χ2v) is 5.49. The van der Waals surface area contributed by atoms with Crippen LogP contribution in [-0.4, -0.2) is 53.1 Å². The number of nitro groups is 1. The lowest BCUT2D eigenvalue weighted by atomic mass is 10.1. The highest BCUT2D eigenvalue weighted by molar-refractivity contribution is 5.97. The summed E-state index contributed by atoms with van der Waals surface area (Å²) in [5.41, 5.74) is 0.115. The van der Waals surface area contributed by atoms with Crippen LogP contribution in [0.1, 0.15) is 23.2 Å². The molecule has 7 nitrogen and oxygen atoms in total. The summed E-state index contributed by atoms with van der Waals surface area (Å²) >= 11 is 0. The minimum absolute atomic E-state index is 0.00377. The van der Waals surface area contributed by atoms with Gasteiger partial charge in [0.2, 0.25) is 0 Å². The van der Waals surface area contributed by atoms with E-state index in [1.54, 1.807) is 0 Å². The number of hydrogen-bond acceptors (Lipinski definition) is 5. The Balaban J connectivity index is 1.89. The molecule has 0 radical (unpaired) electrons. The largest absolute Gasteiger partial charge is 0.478 e. The highest BCUT2D eigenvalue weighted by atomic mass is 16.6. The monoisotopic (exact) mass is 291 g/mol. The summed E-state index contributed by atoms with van der Waals surface area (Å²) < 4.78 is 0. The van der Waals surface area contributed by atoms with Crippen molar-refractivity contribution < 1.29 is 14.8 Å². The molecular formula is C14H17N3O4. The number of nitrogens with zero attached hydrogens (tertiary/aromatic N) is 3. The highest BCUT2D eigenvalue weighted by Crippen LogP contribution is 2.34. The maximum atomic E-state index is 11.4. The van der Waals surface area contributed by atoms with Crippen molar-refractivity contribution in [3.8, 4) is 0 Å². The maximum absolute atomic E-state index is 11.4. The minimum Gasteiger partial charge on any atom is -0.478 e. The topological polar surface area (TPSA) is 86.9 Å². The molecule has 21 heavy (non-hydrogen) atoms. The number of aromatic carboxylic acids is 1. The van der Waals surface area contributed by atoms with E-state index in [2.05, 4.69) is 4.90 Å². The number of carboxylic acid groups (broad SMARTS) is 1. The summed E-state index contributed by atoms with van der Waals surface area (Å²) in [6, 6.07) is 4.88.